The summed E-state index contributed by atoms with van der Waals surface area (Å²) in [5, 5.41) is 2.59. The van der Waals surface area contributed by atoms with Crippen LogP contribution in [0.15, 0.2) is 152 Å². The number of rotatable bonds is 4. The molecule has 3 atom stereocenters. The van der Waals surface area contributed by atoms with Crippen LogP contribution in [0.25, 0.3) is 44.2 Å². The van der Waals surface area contributed by atoms with Gasteiger partial charge in [0.05, 0.1) is 5.69 Å². The van der Waals surface area contributed by atoms with Gasteiger partial charge in [0.1, 0.15) is 0 Å². The normalized spacial score (nSPS) is 29.9. The van der Waals surface area contributed by atoms with E-state index >= 15 is 0 Å². The Morgan fingerprint density at radius 1 is 0.397 bits per heavy atom. The fourth-order valence-corrected chi connectivity index (χ4v) is 15.6. The SMILES string of the molecule is c1ccc(-c2ccc(N(c3ccc4c(c3)-c3ccccc3C43C4CC5CC(C4)CC3C5)c3ccc4c(c3)C3(CC5CCC3C5)c3ccccc3-4)c3ccccc23)cc1. The molecule has 6 bridgehead atoms. The molecule has 7 aromatic carbocycles. The van der Waals surface area contributed by atoms with E-state index in [0.717, 1.165) is 35.5 Å². The summed E-state index contributed by atoms with van der Waals surface area (Å²) in [5.74, 6) is 4.97. The van der Waals surface area contributed by atoms with Gasteiger partial charge in [-0.15, -0.1) is 0 Å². The second-order valence-electron chi connectivity index (χ2n) is 19.7. The zero-order valence-corrected chi connectivity index (χ0v) is 33.2. The van der Waals surface area contributed by atoms with Crippen LogP contribution in [0.4, 0.5) is 17.1 Å². The molecular weight excluding hydrogens is 699 g/mol. The van der Waals surface area contributed by atoms with Gasteiger partial charge in [-0.05, 0) is 178 Å². The maximum Gasteiger partial charge on any atom is 0.0540 e. The quantitative estimate of drug-likeness (QED) is 0.173. The highest BCUT2D eigenvalue weighted by Gasteiger charge is 2.62. The highest BCUT2D eigenvalue weighted by Crippen LogP contribution is 2.70. The van der Waals surface area contributed by atoms with Gasteiger partial charge in [-0.1, -0.05) is 128 Å². The molecule has 0 N–H and O–H groups in total. The highest BCUT2D eigenvalue weighted by atomic mass is 15.1. The molecule has 0 aliphatic heterocycles. The molecule has 6 fully saturated rings. The van der Waals surface area contributed by atoms with Crippen LogP contribution in [0.2, 0.25) is 0 Å². The second-order valence-corrected chi connectivity index (χ2v) is 19.7. The maximum absolute atomic E-state index is 2.65. The molecule has 6 saturated carbocycles. The van der Waals surface area contributed by atoms with E-state index < -0.39 is 0 Å². The Balaban J connectivity index is 1.01. The fraction of sp³-hybridized carbons (Fsp3) is 0.298. The molecule has 15 rings (SSSR count). The van der Waals surface area contributed by atoms with Crippen molar-refractivity contribution in [1.82, 2.24) is 0 Å². The summed E-state index contributed by atoms with van der Waals surface area (Å²) >= 11 is 0. The first-order valence-corrected chi connectivity index (χ1v) is 22.5. The van der Waals surface area contributed by atoms with Crippen LogP contribution in [0.1, 0.15) is 80.0 Å². The summed E-state index contributed by atoms with van der Waals surface area (Å²) in [5.41, 5.74) is 19.0. The monoisotopic (exact) mass is 747 g/mol. The lowest BCUT2D eigenvalue weighted by Crippen LogP contribution is -2.55. The Hall–Kier alpha value is -5.40. The molecular formula is C57H49N. The van der Waals surface area contributed by atoms with E-state index in [1.54, 1.807) is 22.3 Å². The van der Waals surface area contributed by atoms with Gasteiger partial charge in [0, 0.05) is 27.6 Å². The molecule has 7 aromatic rings. The Morgan fingerprint density at radius 2 is 1.00 bits per heavy atom. The lowest BCUT2D eigenvalue weighted by molar-refractivity contribution is -0.0399. The van der Waals surface area contributed by atoms with Gasteiger partial charge in [0.15, 0.2) is 0 Å². The number of anilines is 3. The zero-order chi connectivity index (χ0) is 37.7. The highest BCUT2D eigenvalue weighted by molar-refractivity contribution is 6.06. The first-order valence-electron chi connectivity index (χ1n) is 22.5. The average Bonchev–Trinajstić information content (AvgIpc) is 4.03. The molecule has 1 heteroatoms. The van der Waals surface area contributed by atoms with Gasteiger partial charge < -0.3 is 4.90 Å². The van der Waals surface area contributed by atoms with Gasteiger partial charge in [0.2, 0.25) is 0 Å². The summed E-state index contributed by atoms with van der Waals surface area (Å²) < 4.78 is 0. The van der Waals surface area contributed by atoms with Crippen molar-refractivity contribution < 1.29 is 0 Å². The molecule has 0 saturated heterocycles. The third-order valence-electron chi connectivity index (χ3n) is 17.3. The predicted octanol–water partition coefficient (Wildman–Crippen LogP) is 14.8. The predicted molar refractivity (Wildman–Crippen MR) is 239 cm³/mol. The topological polar surface area (TPSA) is 3.24 Å². The summed E-state index contributed by atoms with van der Waals surface area (Å²) in [6.45, 7) is 0. The van der Waals surface area contributed by atoms with Crippen molar-refractivity contribution >= 4 is 27.8 Å². The first kappa shape index (κ1) is 32.5. The van der Waals surface area contributed by atoms with Crippen LogP contribution in [-0.4, -0.2) is 0 Å². The Bertz CT molecular complexity index is 2820. The minimum atomic E-state index is 0.123. The van der Waals surface area contributed by atoms with Crippen molar-refractivity contribution in [3.63, 3.8) is 0 Å². The third-order valence-corrected chi connectivity index (χ3v) is 17.3. The van der Waals surface area contributed by atoms with Crippen molar-refractivity contribution in [3.8, 4) is 33.4 Å². The van der Waals surface area contributed by atoms with Crippen LogP contribution < -0.4 is 4.90 Å². The van der Waals surface area contributed by atoms with E-state index in [2.05, 4.69) is 157 Å². The van der Waals surface area contributed by atoms with Gasteiger partial charge in [0.25, 0.3) is 0 Å². The molecule has 0 radical (unpaired) electrons. The van der Waals surface area contributed by atoms with Crippen LogP contribution in [0, 0.1) is 35.5 Å². The smallest absolute Gasteiger partial charge is 0.0540 e. The molecule has 282 valence electrons. The molecule has 8 aliphatic rings. The third kappa shape index (κ3) is 4.08. The number of nitrogens with zero attached hydrogens (tertiary/aromatic N) is 1. The molecule has 3 unspecified atom stereocenters. The maximum atomic E-state index is 2.65. The van der Waals surface area contributed by atoms with Crippen LogP contribution in [-0.2, 0) is 10.8 Å². The standard InChI is InChI=1S/C57H49N/c1-2-10-38(11-3-1)44-23-25-55(49-15-5-4-12-45(44)49)58(43-20-22-48-46-13-6-8-16-51(46)56(54(48)33-43)34-35-18-19-39(56)27-35)42-21-24-53-50(32-42)47-14-7-9-17-52(47)57(53)40-28-36-26-37(30-40)31-41(57)29-36/h1-17,20-25,32-33,35-37,39-41H,18-19,26-31,34H2. The lowest BCUT2D eigenvalue weighted by atomic mass is 9.43. The van der Waals surface area contributed by atoms with E-state index in [0.29, 0.717) is 0 Å². The molecule has 8 aliphatic carbocycles. The summed E-state index contributed by atoms with van der Waals surface area (Å²) in [6.07, 6.45) is 12.6. The number of hydrogen-bond acceptors (Lipinski definition) is 1. The largest absolute Gasteiger partial charge is 0.310 e. The number of fused-ring (bicyclic) bond motifs is 12. The minimum Gasteiger partial charge on any atom is -0.310 e. The fourth-order valence-electron chi connectivity index (χ4n) is 15.6. The van der Waals surface area contributed by atoms with E-state index in [1.165, 1.54) is 119 Å². The van der Waals surface area contributed by atoms with Gasteiger partial charge >= 0.3 is 0 Å². The summed E-state index contributed by atoms with van der Waals surface area (Å²) in [6, 6.07) is 59.3. The lowest BCUT2D eigenvalue weighted by Gasteiger charge is -2.61. The molecule has 0 heterocycles. The van der Waals surface area contributed by atoms with E-state index in [-0.39, 0.29) is 10.8 Å². The molecule has 2 spiro atoms. The summed E-state index contributed by atoms with van der Waals surface area (Å²) in [7, 11) is 0. The van der Waals surface area contributed by atoms with Crippen molar-refractivity contribution in [3.05, 3.63) is 174 Å². The Kier molecular flexibility index (Phi) is 6.52. The van der Waals surface area contributed by atoms with Crippen molar-refractivity contribution in [1.29, 1.82) is 0 Å². The van der Waals surface area contributed by atoms with E-state index in [1.807, 2.05) is 0 Å². The van der Waals surface area contributed by atoms with Gasteiger partial charge in [-0.2, -0.15) is 0 Å². The molecule has 58 heavy (non-hydrogen) atoms. The van der Waals surface area contributed by atoms with Gasteiger partial charge in [-0.25, -0.2) is 0 Å². The van der Waals surface area contributed by atoms with E-state index in [4.69, 9.17) is 0 Å². The second kappa shape index (κ2) is 11.6. The Labute approximate surface area is 342 Å². The molecule has 0 aromatic heterocycles. The van der Waals surface area contributed by atoms with E-state index in [9.17, 15) is 0 Å². The number of benzene rings is 7. The number of hydrogen-bond donors (Lipinski definition) is 0. The van der Waals surface area contributed by atoms with Crippen LogP contribution in [0.3, 0.4) is 0 Å². The zero-order valence-electron chi connectivity index (χ0n) is 33.2. The Morgan fingerprint density at radius 3 is 1.76 bits per heavy atom. The van der Waals surface area contributed by atoms with Crippen LogP contribution >= 0.6 is 0 Å². The average molecular weight is 748 g/mol. The van der Waals surface area contributed by atoms with Crippen molar-refractivity contribution in [2.75, 3.05) is 4.90 Å². The van der Waals surface area contributed by atoms with Gasteiger partial charge in [-0.3, -0.25) is 0 Å². The first-order chi connectivity index (χ1) is 28.7. The minimum absolute atomic E-state index is 0.123. The molecule has 1 nitrogen and oxygen atoms in total. The van der Waals surface area contributed by atoms with Crippen LogP contribution in [0.5, 0.6) is 0 Å². The summed E-state index contributed by atoms with van der Waals surface area (Å²) in [4.78, 5) is 2.64. The molecule has 0 amide bonds. The van der Waals surface area contributed by atoms with Crippen molar-refractivity contribution in [2.45, 2.75) is 68.6 Å². The van der Waals surface area contributed by atoms with Crippen molar-refractivity contribution in [2.24, 2.45) is 35.5 Å².